The van der Waals surface area contributed by atoms with Crippen LogP contribution in [0.3, 0.4) is 0 Å². The van der Waals surface area contributed by atoms with Gasteiger partial charge in [0.2, 0.25) is 0 Å². The van der Waals surface area contributed by atoms with Crippen LogP contribution in [0.25, 0.3) is 0 Å². The Morgan fingerprint density at radius 1 is 0.692 bits per heavy atom. The van der Waals surface area contributed by atoms with Gasteiger partial charge < -0.3 is 0 Å². The molecule has 13 heavy (non-hydrogen) atoms. The van der Waals surface area contributed by atoms with Gasteiger partial charge in [0.25, 0.3) is 0 Å². The first-order valence-corrected chi connectivity index (χ1v) is 4.68. The average molecular weight is 171 g/mol. The standard InChI is InChI=1S/C13H15/c1-2-4-6-8-10-12-13-11-9-7-5-3-1/h1-6,9,11-12H,7-8,13H2/b2-1-,5-3+,6-4+,11-9+,12-10?. The molecule has 0 heterocycles. The highest BCUT2D eigenvalue weighted by Crippen LogP contribution is 1.94. The highest BCUT2D eigenvalue weighted by molar-refractivity contribution is 5.12. The van der Waals surface area contributed by atoms with Crippen LogP contribution in [0.5, 0.6) is 0 Å². The Kier molecular flexibility index (Phi) is 5.54. The molecule has 0 bridgehead atoms. The molecule has 0 aliphatic heterocycles. The summed E-state index contributed by atoms with van der Waals surface area (Å²) >= 11 is 0. The van der Waals surface area contributed by atoms with Gasteiger partial charge in [0.05, 0.1) is 0 Å². The van der Waals surface area contributed by atoms with E-state index in [9.17, 15) is 0 Å². The van der Waals surface area contributed by atoms with E-state index in [0.717, 1.165) is 19.3 Å². The molecule has 0 heteroatoms. The third-order valence-electron chi connectivity index (χ3n) is 1.68. The lowest BCUT2D eigenvalue weighted by Crippen LogP contribution is -1.62. The number of hydrogen-bond donors (Lipinski definition) is 0. The number of allylic oxidation sites excluding steroid dienone is 10. The topological polar surface area (TPSA) is 0 Å². The van der Waals surface area contributed by atoms with Gasteiger partial charge in [0.15, 0.2) is 0 Å². The molecule has 1 aliphatic carbocycles. The first kappa shape index (κ1) is 9.79. The van der Waals surface area contributed by atoms with Crippen molar-refractivity contribution >= 4 is 0 Å². The Morgan fingerprint density at radius 2 is 1.46 bits per heavy atom. The summed E-state index contributed by atoms with van der Waals surface area (Å²) in [6.07, 6.45) is 25.0. The molecule has 1 radical (unpaired) electrons. The van der Waals surface area contributed by atoms with Crippen LogP contribution in [0, 0.1) is 6.08 Å². The molecule has 0 nitrogen and oxygen atoms in total. The molecule has 0 amide bonds. The van der Waals surface area contributed by atoms with Gasteiger partial charge in [-0.25, -0.2) is 0 Å². The fourth-order valence-electron chi connectivity index (χ4n) is 1.01. The van der Waals surface area contributed by atoms with Crippen molar-refractivity contribution in [3.8, 4) is 0 Å². The predicted molar refractivity (Wildman–Crippen MR) is 58.2 cm³/mol. The molecule has 0 N–H and O–H groups in total. The first-order chi connectivity index (χ1) is 6.50. The van der Waals surface area contributed by atoms with Crippen LogP contribution in [-0.4, -0.2) is 0 Å². The number of rotatable bonds is 0. The molecule has 0 fully saturated rings. The Labute approximate surface area is 80.7 Å². The van der Waals surface area contributed by atoms with E-state index in [-0.39, 0.29) is 0 Å². The normalized spacial score (nSPS) is 30.2. The van der Waals surface area contributed by atoms with Crippen molar-refractivity contribution in [3.63, 3.8) is 0 Å². The van der Waals surface area contributed by atoms with Gasteiger partial charge in [0, 0.05) is 0 Å². The van der Waals surface area contributed by atoms with Crippen LogP contribution in [0.4, 0.5) is 0 Å². The maximum Gasteiger partial charge on any atom is -0.00946 e. The summed E-state index contributed by atoms with van der Waals surface area (Å²) in [4.78, 5) is 0. The minimum absolute atomic E-state index is 0.905. The molecule has 0 spiro atoms. The summed E-state index contributed by atoms with van der Waals surface area (Å²) in [6, 6.07) is 0. The number of hydrogen-bond acceptors (Lipinski definition) is 0. The van der Waals surface area contributed by atoms with E-state index in [4.69, 9.17) is 0 Å². The smallest absolute Gasteiger partial charge is 0.00946 e. The van der Waals surface area contributed by atoms with Crippen LogP contribution in [-0.2, 0) is 0 Å². The molecule has 1 aliphatic rings. The summed E-state index contributed by atoms with van der Waals surface area (Å²) in [5.41, 5.74) is 0. The van der Waals surface area contributed by atoms with Crippen molar-refractivity contribution in [2.45, 2.75) is 19.3 Å². The van der Waals surface area contributed by atoms with E-state index >= 15 is 0 Å². The lowest BCUT2D eigenvalue weighted by Gasteiger charge is -1.81. The monoisotopic (exact) mass is 171 g/mol. The van der Waals surface area contributed by atoms with E-state index in [1.807, 2.05) is 12.2 Å². The highest BCUT2D eigenvalue weighted by atomic mass is 13.8. The van der Waals surface area contributed by atoms with E-state index in [2.05, 4.69) is 48.6 Å². The zero-order chi connectivity index (χ0) is 9.19. The van der Waals surface area contributed by atoms with Crippen molar-refractivity contribution in [1.29, 1.82) is 0 Å². The van der Waals surface area contributed by atoms with Crippen molar-refractivity contribution in [2.24, 2.45) is 0 Å². The largest absolute Gasteiger partial charge is 0.0844 e. The van der Waals surface area contributed by atoms with Gasteiger partial charge in [-0.2, -0.15) is 0 Å². The van der Waals surface area contributed by atoms with Crippen LogP contribution < -0.4 is 0 Å². The van der Waals surface area contributed by atoms with Gasteiger partial charge in [-0.05, 0) is 25.3 Å². The van der Waals surface area contributed by atoms with Gasteiger partial charge in [0.1, 0.15) is 0 Å². The molecular formula is C13H15. The zero-order valence-corrected chi connectivity index (χ0v) is 7.82. The molecule has 67 valence electrons. The van der Waals surface area contributed by atoms with Crippen molar-refractivity contribution < 1.29 is 0 Å². The van der Waals surface area contributed by atoms with Crippen molar-refractivity contribution in [3.05, 3.63) is 60.8 Å². The maximum absolute atomic E-state index is 3.21. The maximum atomic E-state index is 3.21. The minimum atomic E-state index is 0.905. The third-order valence-corrected chi connectivity index (χ3v) is 1.68. The van der Waals surface area contributed by atoms with E-state index in [1.54, 1.807) is 0 Å². The van der Waals surface area contributed by atoms with Crippen LogP contribution in [0.1, 0.15) is 19.3 Å². The summed E-state index contributed by atoms with van der Waals surface area (Å²) in [5.74, 6) is 0. The summed E-state index contributed by atoms with van der Waals surface area (Å²) in [6.45, 7) is 0. The molecule has 1 rings (SSSR count). The lowest BCUT2D eigenvalue weighted by atomic mass is 10.3. The fourth-order valence-corrected chi connectivity index (χ4v) is 1.01. The SMILES string of the molecule is [C]1=C/C/C=C/C/C=C/C=C\C=C\C/1. The average Bonchev–Trinajstić information content (AvgIpc) is 2.18. The van der Waals surface area contributed by atoms with Crippen LogP contribution >= 0.6 is 0 Å². The lowest BCUT2D eigenvalue weighted by molar-refractivity contribution is 1.25. The third kappa shape index (κ3) is 5.92. The zero-order valence-electron chi connectivity index (χ0n) is 7.82. The fraction of sp³-hybridized carbons (Fsp3) is 0.231. The summed E-state index contributed by atoms with van der Waals surface area (Å²) in [7, 11) is 0. The Balaban J connectivity index is 2.49. The molecule has 0 aromatic rings. The molecule has 0 atom stereocenters. The molecule has 0 aromatic heterocycles. The van der Waals surface area contributed by atoms with Crippen LogP contribution in [0.15, 0.2) is 54.7 Å². The van der Waals surface area contributed by atoms with Gasteiger partial charge in [-0.3, -0.25) is 0 Å². The van der Waals surface area contributed by atoms with E-state index in [1.165, 1.54) is 0 Å². The molecule has 0 saturated carbocycles. The minimum Gasteiger partial charge on any atom is -0.0844 e. The van der Waals surface area contributed by atoms with E-state index < -0.39 is 0 Å². The second kappa shape index (κ2) is 7.35. The Bertz CT molecular complexity index is 223. The van der Waals surface area contributed by atoms with Crippen LogP contribution in [0.2, 0.25) is 0 Å². The quantitative estimate of drug-likeness (QED) is 0.487. The summed E-state index contributed by atoms with van der Waals surface area (Å²) in [5, 5.41) is 0. The molecular weight excluding hydrogens is 156 g/mol. The Morgan fingerprint density at radius 3 is 2.38 bits per heavy atom. The van der Waals surface area contributed by atoms with Crippen molar-refractivity contribution in [2.75, 3.05) is 0 Å². The van der Waals surface area contributed by atoms with Gasteiger partial charge >= 0.3 is 0 Å². The Hall–Kier alpha value is -1.30. The van der Waals surface area contributed by atoms with Gasteiger partial charge in [-0.15, -0.1) is 0 Å². The molecule has 0 aromatic carbocycles. The molecule has 0 unspecified atom stereocenters. The predicted octanol–water partition coefficient (Wildman–Crippen LogP) is 3.75. The van der Waals surface area contributed by atoms with Crippen molar-refractivity contribution in [1.82, 2.24) is 0 Å². The van der Waals surface area contributed by atoms with E-state index in [0.29, 0.717) is 0 Å². The van der Waals surface area contributed by atoms with Gasteiger partial charge in [-0.1, -0.05) is 54.7 Å². The second-order valence-electron chi connectivity index (χ2n) is 2.80. The molecule has 0 saturated heterocycles. The second-order valence-corrected chi connectivity index (χ2v) is 2.80. The first-order valence-electron chi connectivity index (χ1n) is 4.68. The summed E-state index contributed by atoms with van der Waals surface area (Å²) < 4.78 is 0. The highest BCUT2D eigenvalue weighted by Gasteiger charge is 1.74.